The van der Waals surface area contributed by atoms with Gasteiger partial charge in [0.05, 0.1) is 0 Å². The van der Waals surface area contributed by atoms with E-state index in [0.29, 0.717) is 19.8 Å². The molecule has 0 radical (unpaired) electrons. The molecule has 0 aromatic heterocycles. The van der Waals surface area contributed by atoms with E-state index >= 15 is 0 Å². The summed E-state index contributed by atoms with van der Waals surface area (Å²) in [7, 11) is 0.0910. The van der Waals surface area contributed by atoms with E-state index in [1.165, 1.54) is 44.2 Å². The molecule has 0 atom stereocenters. The third-order valence-corrected chi connectivity index (χ3v) is 6.24. The van der Waals surface area contributed by atoms with Crippen LogP contribution in [0.3, 0.4) is 0 Å². The first-order valence-electron chi connectivity index (χ1n) is 8.82. The topological polar surface area (TPSA) is 27.7 Å². The monoisotopic (exact) mass is 320 g/mol. The molecule has 3 nitrogen and oxygen atoms in total. The summed E-state index contributed by atoms with van der Waals surface area (Å²) in [5.41, 5.74) is 0. The molecule has 0 saturated carbocycles. The average Bonchev–Trinajstić information content (AvgIpc) is 2.47. The molecule has 0 spiro atoms. The van der Waals surface area contributed by atoms with Gasteiger partial charge in [-0.2, -0.15) is 0 Å². The van der Waals surface area contributed by atoms with Crippen LogP contribution in [-0.2, 0) is 14.2 Å². The second kappa shape index (κ2) is 13.9. The van der Waals surface area contributed by atoms with Crippen LogP contribution in [0.25, 0.3) is 0 Å². The molecule has 0 unspecified atom stereocenters. The van der Waals surface area contributed by atoms with Crippen molar-refractivity contribution in [2.45, 2.75) is 72.7 Å². The van der Waals surface area contributed by atoms with Crippen molar-refractivity contribution in [1.82, 2.24) is 0 Å². The fraction of sp³-hybridized carbons (Fsp3) is 1.00. The van der Waals surface area contributed by atoms with Gasteiger partial charge < -0.3 is 14.2 Å². The second-order valence-corrected chi connectivity index (χ2v) is 7.96. The molecule has 0 rings (SSSR count). The summed E-state index contributed by atoms with van der Waals surface area (Å²) in [5.74, 6) is -0.808. The standard InChI is InChI=1S/C17H37O3P/c1-6-11-14-21(15-12-7-2)16-13-17(18-8-3,19-9-4)20-10-5/h6-16H2,1-5H3. The first kappa shape index (κ1) is 21.3. The SMILES string of the molecule is CCCCP(CCCC)CCC(OCC)(OCC)OCC. The number of unbranched alkanes of at least 4 members (excludes halogenated alkanes) is 2. The summed E-state index contributed by atoms with van der Waals surface area (Å²) in [4.78, 5) is 0. The summed E-state index contributed by atoms with van der Waals surface area (Å²) in [6, 6.07) is 0. The molecule has 0 aliphatic heterocycles. The third kappa shape index (κ3) is 9.84. The van der Waals surface area contributed by atoms with E-state index in [1.807, 2.05) is 20.8 Å². The fourth-order valence-corrected chi connectivity index (χ4v) is 5.18. The second-order valence-electron chi connectivity index (χ2n) is 5.28. The van der Waals surface area contributed by atoms with Gasteiger partial charge >= 0.3 is 0 Å². The van der Waals surface area contributed by atoms with Gasteiger partial charge in [0, 0.05) is 26.2 Å². The Morgan fingerprint density at radius 3 is 1.43 bits per heavy atom. The molecule has 0 amide bonds. The van der Waals surface area contributed by atoms with E-state index in [-0.39, 0.29) is 7.92 Å². The average molecular weight is 320 g/mol. The summed E-state index contributed by atoms with van der Waals surface area (Å²) in [6.45, 7) is 12.4. The van der Waals surface area contributed by atoms with Crippen LogP contribution in [0.2, 0.25) is 0 Å². The van der Waals surface area contributed by atoms with E-state index in [0.717, 1.165) is 6.42 Å². The lowest BCUT2D eigenvalue weighted by Gasteiger charge is -2.33. The Morgan fingerprint density at radius 2 is 1.10 bits per heavy atom. The lowest BCUT2D eigenvalue weighted by atomic mass is 10.4. The molecule has 0 saturated heterocycles. The number of ether oxygens (including phenoxy) is 3. The van der Waals surface area contributed by atoms with Crippen molar-refractivity contribution in [3.63, 3.8) is 0 Å². The first-order chi connectivity index (χ1) is 10.2. The van der Waals surface area contributed by atoms with E-state index in [2.05, 4.69) is 13.8 Å². The van der Waals surface area contributed by atoms with Crippen LogP contribution in [0, 0.1) is 0 Å². The summed E-state index contributed by atoms with van der Waals surface area (Å²) in [6.07, 6.45) is 10.1. The van der Waals surface area contributed by atoms with Crippen LogP contribution in [-0.4, -0.2) is 44.3 Å². The molecule has 21 heavy (non-hydrogen) atoms. The maximum Gasteiger partial charge on any atom is 0.283 e. The normalized spacial score (nSPS) is 12.3. The van der Waals surface area contributed by atoms with Gasteiger partial charge in [0.1, 0.15) is 0 Å². The number of hydrogen-bond donors (Lipinski definition) is 0. The molecule has 4 heteroatoms. The van der Waals surface area contributed by atoms with E-state index in [9.17, 15) is 0 Å². The summed E-state index contributed by atoms with van der Waals surface area (Å²) < 4.78 is 17.5. The highest BCUT2D eigenvalue weighted by Gasteiger charge is 2.32. The van der Waals surface area contributed by atoms with Gasteiger partial charge in [0.15, 0.2) is 0 Å². The van der Waals surface area contributed by atoms with E-state index in [1.54, 1.807) is 0 Å². The Labute approximate surface area is 133 Å². The molecule has 0 aliphatic rings. The van der Waals surface area contributed by atoms with Crippen LogP contribution in [0.4, 0.5) is 0 Å². The number of hydrogen-bond acceptors (Lipinski definition) is 3. The highest BCUT2D eigenvalue weighted by Crippen LogP contribution is 2.40. The van der Waals surface area contributed by atoms with E-state index < -0.39 is 5.97 Å². The zero-order valence-electron chi connectivity index (χ0n) is 15.0. The van der Waals surface area contributed by atoms with Gasteiger partial charge in [-0.3, -0.25) is 0 Å². The summed E-state index contributed by atoms with van der Waals surface area (Å²) >= 11 is 0. The molecule has 0 heterocycles. The maximum absolute atomic E-state index is 5.84. The molecular formula is C17H37O3P. The predicted octanol–water partition coefficient (Wildman–Crippen LogP) is 5.22. The van der Waals surface area contributed by atoms with Crippen molar-refractivity contribution in [3.05, 3.63) is 0 Å². The van der Waals surface area contributed by atoms with Crippen molar-refractivity contribution < 1.29 is 14.2 Å². The first-order valence-corrected chi connectivity index (χ1v) is 10.7. The maximum atomic E-state index is 5.84. The smallest absolute Gasteiger partial charge is 0.283 e. The van der Waals surface area contributed by atoms with Gasteiger partial charge in [-0.05, 0) is 52.1 Å². The fourth-order valence-electron chi connectivity index (χ4n) is 2.40. The molecule has 0 bridgehead atoms. The van der Waals surface area contributed by atoms with Crippen LogP contribution in [0.5, 0.6) is 0 Å². The van der Waals surface area contributed by atoms with Gasteiger partial charge in [-0.1, -0.05) is 26.7 Å². The Kier molecular flexibility index (Phi) is 14.1. The van der Waals surface area contributed by atoms with Crippen molar-refractivity contribution in [1.29, 1.82) is 0 Å². The Balaban J connectivity index is 4.54. The van der Waals surface area contributed by atoms with Crippen LogP contribution in [0.1, 0.15) is 66.7 Å². The number of rotatable bonds is 15. The van der Waals surface area contributed by atoms with Crippen molar-refractivity contribution >= 4 is 7.92 Å². The molecule has 0 aliphatic carbocycles. The molecular weight excluding hydrogens is 283 g/mol. The third-order valence-electron chi connectivity index (χ3n) is 3.48. The molecule has 0 fully saturated rings. The minimum atomic E-state index is -0.808. The van der Waals surface area contributed by atoms with Gasteiger partial charge in [0.2, 0.25) is 0 Å². The van der Waals surface area contributed by atoms with Gasteiger partial charge in [0.25, 0.3) is 5.97 Å². The molecule has 128 valence electrons. The van der Waals surface area contributed by atoms with Crippen molar-refractivity contribution in [3.8, 4) is 0 Å². The zero-order chi connectivity index (χ0) is 16.0. The largest absolute Gasteiger partial charge is 0.328 e. The van der Waals surface area contributed by atoms with Gasteiger partial charge in [-0.15, -0.1) is 7.92 Å². The summed E-state index contributed by atoms with van der Waals surface area (Å²) in [5, 5.41) is 0. The predicted molar refractivity (Wildman–Crippen MR) is 93.6 cm³/mol. The van der Waals surface area contributed by atoms with Crippen LogP contribution < -0.4 is 0 Å². The minimum absolute atomic E-state index is 0.0910. The highest BCUT2D eigenvalue weighted by molar-refractivity contribution is 7.57. The zero-order valence-corrected chi connectivity index (χ0v) is 15.8. The van der Waals surface area contributed by atoms with E-state index in [4.69, 9.17) is 14.2 Å². The quantitative estimate of drug-likeness (QED) is 0.306. The van der Waals surface area contributed by atoms with Crippen LogP contribution in [0.15, 0.2) is 0 Å². The minimum Gasteiger partial charge on any atom is -0.328 e. The Morgan fingerprint density at radius 1 is 0.667 bits per heavy atom. The molecule has 0 aromatic rings. The lowest BCUT2D eigenvalue weighted by Crippen LogP contribution is -2.40. The molecule has 0 N–H and O–H groups in total. The Bertz CT molecular complexity index is 199. The van der Waals surface area contributed by atoms with Crippen molar-refractivity contribution in [2.24, 2.45) is 0 Å². The molecule has 0 aromatic carbocycles. The highest BCUT2D eigenvalue weighted by atomic mass is 31.1. The van der Waals surface area contributed by atoms with Crippen molar-refractivity contribution in [2.75, 3.05) is 38.3 Å². The van der Waals surface area contributed by atoms with Crippen LogP contribution >= 0.6 is 7.92 Å². The van der Waals surface area contributed by atoms with Gasteiger partial charge in [-0.25, -0.2) is 0 Å². The Hall–Kier alpha value is 0.310. The lowest BCUT2D eigenvalue weighted by molar-refractivity contribution is -0.377.